The van der Waals surface area contributed by atoms with Crippen LogP contribution in [-0.2, 0) is 21.2 Å². The molecular formula is C18H22N2O5S2. The molecule has 0 spiro atoms. The molecule has 2 saturated heterocycles. The van der Waals surface area contributed by atoms with Gasteiger partial charge in [-0.1, -0.05) is 31.7 Å². The fourth-order valence-corrected chi connectivity index (χ4v) is 7.39. The van der Waals surface area contributed by atoms with Gasteiger partial charge in [-0.25, -0.2) is 8.42 Å². The maximum atomic E-state index is 12.3. The van der Waals surface area contributed by atoms with Gasteiger partial charge in [-0.3, -0.25) is 4.79 Å². The molecule has 0 radical (unpaired) electrons. The Balaban J connectivity index is 1.62. The molecule has 3 unspecified atom stereocenters. The normalized spacial score (nSPS) is 27.8. The molecule has 27 heavy (non-hydrogen) atoms. The van der Waals surface area contributed by atoms with E-state index in [1.165, 1.54) is 11.8 Å². The number of fused-ring (bicyclic) bond motifs is 2. The summed E-state index contributed by atoms with van der Waals surface area (Å²) in [5, 5.41) is 0.551. The lowest BCUT2D eigenvalue weighted by Gasteiger charge is -2.24. The Hall–Kier alpha value is -1.74. The Morgan fingerprint density at radius 3 is 2.89 bits per heavy atom. The number of aliphatic imine (C=N–C) groups is 1. The maximum absolute atomic E-state index is 12.3. The Kier molecular flexibility index (Phi) is 4.84. The first kappa shape index (κ1) is 18.6. The van der Waals surface area contributed by atoms with Crippen molar-refractivity contribution >= 4 is 32.7 Å². The third-order valence-corrected chi connectivity index (χ3v) is 8.45. The molecule has 1 aromatic rings. The quantitative estimate of drug-likeness (QED) is 0.751. The molecule has 3 atom stereocenters. The van der Waals surface area contributed by atoms with Gasteiger partial charge in [0.1, 0.15) is 0 Å². The second-order valence-corrected chi connectivity index (χ2v) is 10.5. The molecule has 3 aliphatic rings. The number of hydrogen-bond donors (Lipinski definition) is 0. The van der Waals surface area contributed by atoms with Gasteiger partial charge >= 0.3 is 0 Å². The van der Waals surface area contributed by atoms with Crippen LogP contribution in [0, 0.1) is 5.92 Å². The zero-order chi connectivity index (χ0) is 19.2. The van der Waals surface area contributed by atoms with Crippen molar-refractivity contribution in [3.05, 3.63) is 23.8 Å². The summed E-state index contributed by atoms with van der Waals surface area (Å²) in [7, 11) is -3.06. The molecule has 0 N–H and O–H groups in total. The molecule has 9 heteroatoms. The molecule has 3 heterocycles. The van der Waals surface area contributed by atoms with Crippen molar-refractivity contribution < 1.29 is 22.7 Å². The van der Waals surface area contributed by atoms with Gasteiger partial charge in [-0.05, 0) is 24.1 Å². The maximum Gasteiger partial charge on any atom is 0.250 e. The van der Waals surface area contributed by atoms with Crippen molar-refractivity contribution in [2.75, 3.05) is 18.3 Å². The van der Waals surface area contributed by atoms with Crippen molar-refractivity contribution in [1.29, 1.82) is 0 Å². The number of carbonyl (C=O) groups excluding carboxylic acids is 1. The molecule has 0 bridgehead atoms. The van der Waals surface area contributed by atoms with E-state index in [-0.39, 0.29) is 41.4 Å². The number of thioether (sulfide) groups is 1. The molecule has 146 valence electrons. The van der Waals surface area contributed by atoms with Crippen LogP contribution < -0.4 is 9.47 Å². The zero-order valence-corrected chi connectivity index (χ0v) is 16.9. The summed E-state index contributed by atoms with van der Waals surface area (Å²) in [5.74, 6) is 1.33. The van der Waals surface area contributed by atoms with Gasteiger partial charge < -0.3 is 14.4 Å². The van der Waals surface area contributed by atoms with E-state index in [0.29, 0.717) is 23.2 Å². The standard InChI is InChI=1S/C18H22N2O5S2/c1-3-11(2)17(21)19-18-20(13-8-27(22,23)9-16(13)26-18)7-12-4-5-14-15(6-12)25-10-24-14/h4-6,11,13,16H,3,7-10H2,1-2H3. The van der Waals surface area contributed by atoms with Crippen LogP contribution in [0.2, 0.25) is 0 Å². The zero-order valence-electron chi connectivity index (χ0n) is 15.3. The Morgan fingerprint density at radius 2 is 2.11 bits per heavy atom. The Labute approximate surface area is 163 Å². The van der Waals surface area contributed by atoms with Crippen LogP contribution in [0.1, 0.15) is 25.8 Å². The lowest BCUT2D eigenvalue weighted by molar-refractivity contribution is -0.121. The van der Waals surface area contributed by atoms with Gasteiger partial charge in [0.05, 0.1) is 17.5 Å². The molecule has 0 saturated carbocycles. The predicted octanol–water partition coefficient (Wildman–Crippen LogP) is 2.06. The number of rotatable bonds is 4. The first-order valence-corrected chi connectivity index (χ1v) is 11.7. The van der Waals surface area contributed by atoms with E-state index >= 15 is 0 Å². The lowest BCUT2D eigenvalue weighted by atomic mass is 10.1. The second-order valence-electron chi connectivity index (χ2n) is 7.16. The molecule has 0 aromatic heterocycles. The van der Waals surface area contributed by atoms with Gasteiger partial charge in [0.2, 0.25) is 6.79 Å². The van der Waals surface area contributed by atoms with Crippen molar-refractivity contribution in [3.63, 3.8) is 0 Å². The van der Waals surface area contributed by atoms with Crippen LogP contribution in [0.25, 0.3) is 0 Å². The predicted molar refractivity (Wildman–Crippen MR) is 104 cm³/mol. The Morgan fingerprint density at radius 1 is 1.33 bits per heavy atom. The van der Waals surface area contributed by atoms with E-state index in [0.717, 1.165) is 12.0 Å². The topological polar surface area (TPSA) is 85.3 Å². The number of nitrogens with zero attached hydrogens (tertiary/aromatic N) is 2. The number of hydrogen-bond acceptors (Lipinski definition) is 6. The highest BCUT2D eigenvalue weighted by molar-refractivity contribution is 8.15. The van der Waals surface area contributed by atoms with Gasteiger partial charge in [-0.2, -0.15) is 4.99 Å². The minimum atomic E-state index is -3.06. The summed E-state index contributed by atoms with van der Waals surface area (Å²) < 4.78 is 35.0. The first-order valence-electron chi connectivity index (χ1n) is 9.01. The summed E-state index contributed by atoms with van der Waals surface area (Å²) >= 11 is 1.41. The monoisotopic (exact) mass is 410 g/mol. The average Bonchev–Trinajstić information content (AvgIpc) is 3.28. The fraction of sp³-hybridized carbons (Fsp3) is 0.556. The van der Waals surface area contributed by atoms with Crippen LogP contribution in [0.4, 0.5) is 0 Å². The lowest BCUT2D eigenvalue weighted by Crippen LogP contribution is -2.37. The molecule has 3 aliphatic heterocycles. The summed E-state index contributed by atoms with van der Waals surface area (Å²) in [6.45, 7) is 4.50. The molecule has 0 aliphatic carbocycles. The van der Waals surface area contributed by atoms with Crippen molar-refractivity contribution in [1.82, 2.24) is 4.90 Å². The number of sulfone groups is 1. The van der Waals surface area contributed by atoms with E-state index in [4.69, 9.17) is 9.47 Å². The molecular weight excluding hydrogens is 388 g/mol. The summed E-state index contributed by atoms with van der Waals surface area (Å²) in [6.07, 6.45) is 0.726. The first-order chi connectivity index (χ1) is 12.9. The molecule has 7 nitrogen and oxygen atoms in total. The van der Waals surface area contributed by atoms with E-state index < -0.39 is 9.84 Å². The number of amides is 1. The minimum absolute atomic E-state index is 0.0764. The summed E-state index contributed by atoms with van der Waals surface area (Å²) in [5.41, 5.74) is 0.966. The van der Waals surface area contributed by atoms with E-state index in [1.807, 2.05) is 36.9 Å². The van der Waals surface area contributed by atoms with Gasteiger partial charge in [0.25, 0.3) is 5.91 Å². The highest BCUT2D eigenvalue weighted by Crippen LogP contribution is 2.40. The van der Waals surface area contributed by atoms with Crippen molar-refractivity contribution in [2.24, 2.45) is 10.9 Å². The van der Waals surface area contributed by atoms with E-state index in [2.05, 4.69) is 4.99 Å². The highest BCUT2D eigenvalue weighted by Gasteiger charge is 2.48. The number of ether oxygens (including phenoxy) is 2. The average molecular weight is 411 g/mol. The molecule has 1 amide bonds. The molecule has 2 fully saturated rings. The molecule has 1 aromatic carbocycles. The summed E-state index contributed by atoms with van der Waals surface area (Å²) in [6, 6.07) is 5.53. The van der Waals surface area contributed by atoms with Crippen LogP contribution >= 0.6 is 11.8 Å². The SMILES string of the molecule is CCC(C)C(=O)N=C1SC2CS(=O)(=O)CC2N1Cc1ccc2c(c1)OCO2. The fourth-order valence-electron chi connectivity index (χ4n) is 3.44. The van der Waals surface area contributed by atoms with Crippen LogP contribution in [0.5, 0.6) is 11.5 Å². The second kappa shape index (κ2) is 7.01. The third-order valence-electron chi connectivity index (χ3n) is 5.20. The van der Waals surface area contributed by atoms with Crippen molar-refractivity contribution in [2.45, 2.75) is 38.1 Å². The number of carbonyl (C=O) groups is 1. The van der Waals surface area contributed by atoms with Crippen molar-refractivity contribution in [3.8, 4) is 11.5 Å². The van der Waals surface area contributed by atoms with Crippen LogP contribution in [0.3, 0.4) is 0 Å². The van der Waals surface area contributed by atoms with Crippen LogP contribution in [-0.4, -0.2) is 54.0 Å². The highest BCUT2D eigenvalue weighted by atomic mass is 32.2. The minimum Gasteiger partial charge on any atom is -0.454 e. The number of benzene rings is 1. The van der Waals surface area contributed by atoms with E-state index in [9.17, 15) is 13.2 Å². The largest absolute Gasteiger partial charge is 0.454 e. The van der Waals surface area contributed by atoms with Gasteiger partial charge in [0, 0.05) is 17.7 Å². The number of amidine groups is 1. The van der Waals surface area contributed by atoms with Gasteiger partial charge in [-0.15, -0.1) is 0 Å². The summed E-state index contributed by atoms with van der Waals surface area (Å²) in [4.78, 5) is 18.7. The smallest absolute Gasteiger partial charge is 0.250 e. The Bertz CT molecular complexity index is 899. The van der Waals surface area contributed by atoms with Crippen LogP contribution in [0.15, 0.2) is 23.2 Å². The van der Waals surface area contributed by atoms with Gasteiger partial charge in [0.15, 0.2) is 26.5 Å². The third kappa shape index (κ3) is 3.67. The van der Waals surface area contributed by atoms with E-state index in [1.54, 1.807) is 0 Å². The molecule has 4 rings (SSSR count).